The summed E-state index contributed by atoms with van der Waals surface area (Å²) in [7, 11) is 0. The molecule has 0 heterocycles. The summed E-state index contributed by atoms with van der Waals surface area (Å²) in [5.41, 5.74) is 7.99. The maximum atomic E-state index is 2.44. The summed E-state index contributed by atoms with van der Waals surface area (Å²) < 4.78 is 0. The third-order valence-electron chi connectivity index (χ3n) is 8.81. The van der Waals surface area contributed by atoms with Gasteiger partial charge in [0.1, 0.15) is 0 Å². The lowest BCUT2D eigenvalue weighted by molar-refractivity contribution is 0.592. The van der Waals surface area contributed by atoms with Crippen LogP contribution >= 0.6 is 0 Å². The molecule has 0 bridgehead atoms. The van der Waals surface area contributed by atoms with Crippen molar-refractivity contribution in [2.75, 3.05) is 0 Å². The first-order valence-electron chi connectivity index (χ1n) is 15.1. The second kappa shape index (κ2) is 9.57. The molecule has 0 amide bonds. The predicted molar refractivity (Wildman–Crippen MR) is 185 cm³/mol. The molecule has 0 radical (unpaired) electrons. The molecule has 0 fully saturated rings. The van der Waals surface area contributed by atoms with Crippen molar-refractivity contribution in [3.63, 3.8) is 0 Å². The largest absolute Gasteiger partial charge is 0.0616 e. The van der Waals surface area contributed by atoms with E-state index in [1.807, 2.05) is 0 Å². The number of rotatable bonds is 2. The summed E-state index contributed by atoms with van der Waals surface area (Å²) in [5, 5.41) is 10.3. The van der Waals surface area contributed by atoms with Crippen LogP contribution in [-0.2, 0) is 10.8 Å². The number of hydrogen-bond acceptors (Lipinski definition) is 0. The highest BCUT2D eigenvalue weighted by molar-refractivity contribution is 6.03. The molecule has 0 heteroatoms. The van der Waals surface area contributed by atoms with Crippen LogP contribution in [0.25, 0.3) is 65.3 Å². The molecule has 0 N–H and O–H groups in total. The molecule has 7 aromatic carbocycles. The molecule has 206 valence electrons. The van der Waals surface area contributed by atoms with Gasteiger partial charge in [0.25, 0.3) is 0 Å². The van der Waals surface area contributed by atoms with E-state index in [2.05, 4.69) is 163 Å². The van der Waals surface area contributed by atoms with E-state index in [0.717, 1.165) is 0 Å². The molecule has 0 spiro atoms. The minimum Gasteiger partial charge on any atom is -0.0616 e. The molecular weight excluding hydrogens is 504 g/mol. The van der Waals surface area contributed by atoms with E-state index in [9.17, 15) is 0 Å². The number of fused-ring (bicyclic) bond motifs is 4. The van der Waals surface area contributed by atoms with E-state index < -0.39 is 0 Å². The van der Waals surface area contributed by atoms with Crippen LogP contribution in [0.3, 0.4) is 0 Å². The number of hydrogen-bond donors (Lipinski definition) is 0. The SMILES string of the molecule is CC(C)(C)c1cc2cc3cc(C(C)(C)C)c(-c4ccc5ccccc5c4)cc3cc2cc1-c1ccc2ccccc2c1. The third-order valence-corrected chi connectivity index (χ3v) is 8.81. The number of benzene rings is 7. The Morgan fingerprint density at radius 2 is 0.667 bits per heavy atom. The predicted octanol–water partition coefficient (Wildman–Crippen LogP) is 12.2. The average Bonchev–Trinajstić information content (AvgIpc) is 2.97. The van der Waals surface area contributed by atoms with Crippen molar-refractivity contribution in [2.24, 2.45) is 0 Å². The summed E-state index contributed by atoms with van der Waals surface area (Å²) in [6.45, 7) is 14.0. The Labute approximate surface area is 249 Å². The summed E-state index contributed by atoms with van der Waals surface area (Å²) in [6, 6.07) is 45.6. The van der Waals surface area contributed by atoms with E-state index in [0.29, 0.717) is 0 Å². The monoisotopic (exact) mass is 542 g/mol. The van der Waals surface area contributed by atoms with Gasteiger partial charge in [-0.05, 0) is 136 Å². The summed E-state index contributed by atoms with van der Waals surface area (Å²) in [5.74, 6) is 0. The molecule has 7 aromatic rings. The van der Waals surface area contributed by atoms with Crippen LogP contribution in [0.15, 0.2) is 121 Å². The van der Waals surface area contributed by atoms with Crippen molar-refractivity contribution in [2.45, 2.75) is 52.4 Å². The maximum absolute atomic E-state index is 2.44. The van der Waals surface area contributed by atoms with Crippen LogP contribution in [0.2, 0.25) is 0 Å². The van der Waals surface area contributed by atoms with Crippen LogP contribution in [0.1, 0.15) is 52.7 Å². The van der Waals surface area contributed by atoms with Crippen molar-refractivity contribution in [3.05, 3.63) is 132 Å². The molecule has 0 aliphatic heterocycles. The van der Waals surface area contributed by atoms with E-state index in [-0.39, 0.29) is 10.8 Å². The van der Waals surface area contributed by atoms with Gasteiger partial charge < -0.3 is 0 Å². The third kappa shape index (κ3) is 4.66. The fourth-order valence-electron chi connectivity index (χ4n) is 6.53. The van der Waals surface area contributed by atoms with Crippen LogP contribution < -0.4 is 0 Å². The first-order chi connectivity index (χ1) is 20.0. The van der Waals surface area contributed by atoms with E-state index in [1.54, 1.807) is 0 Å². The molecular formula is C42H38. The first kappa shape index (κ1) is 26.5. The Morgan fingerprint density at radius 1 is 0.310 bits per heavy atom. The van der Waals surface area contributed by atoms with Crippen LogP contribution in [0, 0.1) is 0 Å². The zero-order valence-corrected chi connectivity index (χ0v) is 25.5. The second-order valence-electron chi connectivity index (χ2n) is 14.0. The summed E-state index contributed by atoms with van der Waals surface area (Å²) >= 11 is 0. The fraction of sp³-hybridized carbons (Fsp3) is 0.190. The zero-order chi connectivity index (χ0) is 29.2. The van der Waals surface area contributed by atoms with E-state index in [4.69, 9.17) is 0 Å². The highest BCUT2D eigenvalue weighted by atomic mass is 14.3. The zero-order valence-electron chi connectivity index (χ0n) is 25.5. The Balaban J connectivity index is 1.47. The Bertz CT molecular complexity index is 1990. The Morgan fingerprint density at radius 3 is 1.05 bits per heavy atom. The molecule has 0 aliphatic rings. The molecule has 0 aromatic heterocycles. The maximum Gasteiger partial charge on any atom is -0.0125 e. The molecule has 0 saturated heterocycles. The van der Waals surface area contributed by atoms with Gasteiger partial charge in [-0.2, -0.15) is 0 Å². The van der Waals surface area contributed by atoms with Gasteiger partial charge in [-0.3, -0.25) is 0 Å². The smallest absolute Gasteiger partial charge is 0.0125 e. The highest BCUT2D eigenvalue weighted by Crippen LogP contribution is 2.41. The quantitative estimate of drug-likeness (QED) is 0.191. The van der Waals surface area contributed by atoms with Crippen molar-refractivity contribution < 1.29 is 0 Å². The Hall–Kier alpha value is -4.42. The standard InChI is InChI=1S/C42H38/c1-41(2,3)39-25-35-22-36-26-40(42(4,5)6)38(32-18-16-28-12-8-10-14-30(28)20-32)24-34(36)21-33(35)23-37(39)31-17-15-27-11-7-9-13-29(27)19-31/h7-26H,1-6H3. The van der Waals surface area contributed by atoms with Crippen LogP contribution in [-0.4, -0.2) is 0 Å². The lowest BCUT2D eigenvalue weighted by Gasteiger charge is -2.26. The van der Waals surface area contributed by atoms with Gasteiger partial charge in [0.2, 0.25) is 0 Å². The normalized spacial score (nSPS) is 12.5. The lowest BCUT2D eigenvalue weighted by Crippen LogP contribution is -2.13. The molecule has 0 aliphatic carbocycles. The van der Waals surface area contributed by atoms with Gasteiger partial charge in [0.05, 0.1) is 0 Å². The lowest BCUT2D eigenvalue weighted by atomic mass is 9.78. The van der Waals surface area contributed by atoms with E-state index in [1.165, 1.54) is 76.5 Å². The average molecular weight is 543 g/mol. The molecule has 0 unspecified atom stereocenters. The summed E-state index contributed by atoms with van der Waals surface area (Å²) in [6.07, 6.45) is 0. The van der Waals surface area contributed by atoms with Crippen molar-refractivity contribution in [1.29, 1.82) is 0 Å². The van der Waals surface area contributed by atoms with Gasteiger partial charge >= 0.3 is 0 Å². The first-order valence-corrected chi connectivity index (χ1v) is 15.1. The highest BCUT2D eigenvalue weighted by Gasteiger charge is 2.22. The van der Waals surface area contributed by atoms with Crippen LogP contribution in [0.4, 0.5) is 0 Å². The van der Waals surface area contributed by atoms with Gasteiger partial charge in [-0.15, -0.1) is 0 Å². The van der Waals surface area contributed by atoms with Gasteiger partial charge in [-0.25, -0.2) is 0 Å². The van der Waals surface area contributed by atoms with Gasteiger partial charge in [0.15, 0.2) is 0 Å². The van der Waals surface area contributed by atoms with E-state index >= 15 is 0 Å². The fourth-order valence-corrected chi connectivity index (χ4v) is 6.53. The molecule has 0 saturated carbocycles. The van der Waals surface area contributed by atoms with Gasteiger partial charge in [-0.1, -0.05) is 114 Å². The Kier molecular flexibility index (Phi) is 6.03. The molecule has 0 nitrogen and oxygen atoms in total. The second-order valence-corrected chi connectivity index (χ2v) is 14.0. The minimum absolute atomic E-state index is 0.0145. The topological polar surface area (TPSA) is 0 Å². The van der Waals surface area contributed by atoms with Gasteiger partial charge in [0, 0.05) is 0 Å². The van der Waals surface area contributed by atoms with Crippen molar-refractivity contribution >= 4 is 43.1 Å². The minimum atomic E-state index is 0.0145. The molecule has 0 atom stereocenters. The van der Waals surface area contributed by atoms with Crippen molar-refractivity contribution in [3.8, 4) is 22.3 Å². The molecule has 7 rings (SSSR count). The van der Waals surface area contributed by atoms with Crippen LogP contribution in [0.5, 0.6) is 0 Å². The van der Waals surface area contributed by atoms with Crippen molar-refractivity contribution in [1.82, 2.24) is 0 Å². The molecule has 42 heavy (non-hydrogen) atoms. The summed E-state index contributed by atoms with van der Waals surface area (Å²) in [4.78, 5) is 0.